The third kappa shape index (κ3) is 4.76. The number of aryl methyl sites for hydroxylation is 2. The predicted octanol–water partition coefficient (Wildman–Crippen LogP) is 5.28. The molecule has 2 heterocycles. The summed E-state index contributed by atoms with van der Waals surface area (Å²) in [4.78, 5) is 4.25. The minimum absolute atomic E-state index is 0. The van der Waals surface area contributed by atoms with E-state index < -0.39 is 5.60 Å². The van der Waals surface area contributed by atoms with Crippen LogP contribution in [0, 0.1) is 19.7 Å². The maximum atomic E-state index is 15.4. The standard InChI is InChI=1S/C24H27FN2O3.ClH/c1-17-14-21(24(28-3)8-12-29-13-9-24)23(25)22(15-17)30-16-19-4-6-20(7-5-19)27-11-10-26-18(27)2;/h4-7,10-11,14-15H,8-9,12-13,16H2,1-3H3;1H. The Morgan fingerprint density at radius 1 is 1.13 bits per heavy atom. The second-order valence-corrected chi connectivity index (χ2v) is 7.73. The van der Waals surface area contributed by atoms with Crippen molar-refractivity contribution in [3.05, 3.63) is 77.1 Å². The second-order valence-electron chi connectivity index (χ2n) is 7.73. The number of rotatable bonds is 6. The number of nitrogens with zero attached hydrogens (tertiary/aromatic N) is 2. The first kappa shape index (κ1) is 23.3. The van der Waals surface area contributed by atoms with E-state index in [1.54, 1.807) is 19.4 Å². The first-order valence-corrected chi connectivity index (χ1v) is 10.2. The molecule has 1 aromatic heterocycles. The largest absolute Gasteiger partial charge is 0.486 e. The van der Waals surface area contributed by atoms with Crippen molar-refractivity contribution >= 4 is 12.4 Å². The molecule has 0 amide bonds. The first-order chi connectivity index (χ1) is 14.5. The van der Waals surface area contributed by atoms with Gasteiger partial charge in [0.2, 0.25) is 0 Å². The first-order valence-electron chi connectivity index (χ1n) is 10.2. The van der Waals surface area contributed by atoms with Crippen LogP contribution in [0.1, 0.15) is 35.4 Å². The summed E-state index contributed by atoms with van der Waals surface area (Å²) in [6, 6.07) is 11.6. The number of ether oxygens (including phenoxy) is 3. The minimum Gasteiger partial charge on any atom is -0.486 e. The van der Waals surface area contributed by atoms with Crippen LogP contribution in [0.5, 0.6) is 5.75 Å². The molecule has 1 saturated heterocycles. The Kier molecular flexibility index (Phi) is 7.36. The van der Waals surface area contributed by atoms with E-state index in [0.29, 0.717) is 31.6 Å². The molecule has 5 nitrogen and oxygen atoms in total. The van der Waals surface area contributed by atoms with E-state index in [1.165, 1.54) is 0 Å². The zero-order valence-corrected chi connectivity index (χ0v) is 18.9. The molecule has 1 aliphatic rings. The molecule has 0 atom stereocenters. The molecule has 0 saturated carbocycles. The van der Waals surface area contributed by atoms with Gasteiger partial charge in [0.1, 0.15) is 18.0 Å². The van der Waals surface area contributed by atoms with Crippen molar-refractivity contribution in [2.24, 2.45) is 0 Å². The van der Waals surface area contributed by atoms with Crippen LogP contribution in [0.15, 0.2) is 48.8 Å². The summed E-state index contributed by atoms with van der Waals surface area (Å²) in [5.74, 6) is 0.825. The van der Waals surface area contributed by atoms with E-state index in [0.717, 1.165) is 22.6 Å². The normalized spacial score (nSPS) is 15.4. The lowest BCUT2D eigenvalue weighted by Crippen LogP contribution is -2.36. The van der Waals surface area contributed by atoms with Crippen LogP contribution in [0.25, 0.3) is 5.69 Å². The monoisotopic (exact) mass is 446 g/mol. The number of imidazole rings is 1. The van der Waals surface area contributed by atoms with Crippen LogP contribution in [0.4, 0.5) is 4.39 Å². The van der Waals surface area contributed by atoms with E-state index in [4.69, 9.17) is 14.2 Å². The van der Waals surface area contributed by atoms with Crippen molar-refractivity contribution in [3.8, 4) is 11.4 Å². The minimum atomic E-state index is -0.670. The van der Waals surface area contributed by atoms with Gasteiger partial charge in [-0.05, 0) is 49.2 Å². The van der Waals surface area contributed by atoms with Crippen LogP contribution in [-0.2, 0) is 21.7 Å². The summed E-state index contributed by atoms with van der Waals surface area (Å²) >= 11 is 0. The van der Waals surface area contributed by atoms with Crippen molar-refractivity contribution in [3.63, 3.8) is 0 Å². The van der Waals surface area contributed by atoms with E-state index in [1.807, 2.05) is 54.9 Å². The molecule has 0 unspecified atom stereocenters. The summed E-state index contributed by atoms with van der Waals surface area (Å²) < 4.78 is 34.6. The van der Waals surface area contributed by atoms with Gasteiger partial charge in [0, 0.05) is 56.8 Å². The van der Waals surface area contributed by atoms with E-state index >= 15 is 4.39 Å². The summed E-state index contributed by atoms with van der Waals surface area (Å²) in [5, 5.41) is 0. The molecule has 3 aromatic rings. The molecular formula is C24H28ClFN2O3. The Balaban J connectivity index is 0.00000272. The van der Waals surface area contributed by atoms with Crippen molar-refractivity contribution < 1.29 is 18.6 Å². The lowest BCUT2D eigenvalue weighted by atomic mass is 9.85. The Morgan fingerprint density at radius 2 is 1.84 bits per heavy atom. The molecule has 1 aliphatic heterocycles. The van der Waals surface area contributed by atoms with Gasteiger partial charge in [-0.15, -0.1) is 12.4 Å². The van der Waals surface area contributed by atoms with Crippen molar-refractivity contribution in [2.75, 3.05) is 20.3 Å². The smallest absolute Gasteiger partial charge is 0.171 e. The second kappa shape index (κ2) is 9.81. The Bertz CT molecular complexity index is 1010. The topological polar surface area (TPSA) is 45.5 Å². The molecule has 4 rings (SSSR count). The SMILES string of the molecule is COC1(c2cc(C)cc(OCc3ccc(-n4ccnc4C)cc3)c2F)CCOCC1.Cl. The molecule has 0 spiro atoms. The maximum Gasteiger partial charge on any atom is 0.171 e. The van der Waals surface area contributed by atoms with E-state index in [2.05, 4.69) is 4.98 Å². The average molecular weight is 447 g/mol. The third-order valence-corrected chi connectivity index (χ3v) is 5.80. The Morgan fingerprint density at radius 3 is 2.45 bits per heavy atom. The lowest BCUT2D eigenvalue weighted by Gasteiger charge is -2.37. The molecule has 2 aromatic carbocycles. The van der Waals surface area contributed by atoms with Gasteiger partial charge in [0.25, 0.3) is 0 Å². The molecule has 0 radical (unpaired) electrons. The van der Waals surface area contributed by atoms with Gasteiger partial charge in [-0.25, -0.2) is 9.37 Å². The van der Waals surface area contributed by atoms with Gasteiger partial charge in [-0.1, -0.05) is 12.1 Å². The lowest BCUT2D eigenvalue weighted by molar-refractivity contribution is -0.0967. The quantitative estimate of drug-likeness (QED) is 0.516. The van der Waals surface area contributed by atoms with Crippen LogP contribution >= 0.6 is 12.4 Å². The van der Waals surface area contributed by atoms with Crippen molar-refractivity contribution in [2.45, 2.75) is 38.9 Å². The summed E-state index contributed by atoms with van der Waals surface area (Å²) in [6.45, 7) is 5.30. The number of halogens is 2. The highest BCUT2D eigenvalue weighted by Crippen LogP contribution is 2.40. The third-order valence-electron chi connectivity index (χ3n) is 5.80. The molecule has 31 heavy (non-hydrogen) atoms. The van der Waals surface area contributed by atoms with Gasteiger partial charge < -0.3 is 18.8 Å². The highest BCUT2D eigenvalue weighted by molar-refractivity contribution is 5.85. The van der Waals surface area contributed by atoms with Crippen LogP contribution in [-0.4, -0.2) is 29.9 Å². The fourth-order valence-corrected chi connectivity index (χ4v) is 4.02. The average Bonchev–Trinajstić information content (AvgIpc) is 3.20. The van der Waals surface area contributed by atoms with Crippen molar-refractivity contribution in [1.29, 1.82) is 0 Å². The van der Waals surface area contributed by atoms with Gasteiger partial charge in [0.05, 0.1) is 0 Å². The predicted molar refractivity (Wildman–Crippen MR) is 120 cm³/mol. The number of hydrogen-bond acceptors (Lipinski definition) is 4. The molecule has 0 aliphatic carbocycles. The number of methoxy groups -OCH3 is 1. The Labute approximate surface area is 188 Å². The van der Waals surface area contributed by atoms with Crippen LogP contribution in [0.3, 0.4) is 0 Å². The van der Waals surface area contributed by atoms with Gasteiger partial charge in [0.15, 0.2) is 11.6 Å². The van der Waals surface area contributed by atoms with Gasteiger partial charge in [-0.3, -0.25) is 0 Å². The molecule has 166 valence electrons. The highest BCUT2D eigenvalue weighted by Gasteiger charge is 2.38. The molecule has 7 heteroatoms. The number of hydrogen-bond donors (Lipinski definition) is 0. The van der Waals surface area contributed by atoms with E-state index in [-0.39, 0.29) is 30.6 Å². The van der Waals surface area contributed by atoms with Crippen molar-refractivity contribution in [1.82, 2.24) is 9.55 Å². The fourth-order valence-electron chi connectivity index (χ4n) is 4.02. The molecule has 1 fully saturated rings. The number of benzene rings is 2. The van der Waals surface area contributed by atoms with Crippen LogP contribution in [0.2, 0.25) is 0 Å². The number of aromatic nitrogens is 2. The summed E-state index contributed by atoms with van der Waals surface area (Å²) in [7, 11) is 1.64. The zero-order valence-electron chi connectivity index (χ0n) is 18.1. The molecule has 0 N–H and O–H groups in total. The molecule has 0 bridgehead atoms. The van der Waals surface area contributed by atoms with E-state index in [9.17, 15) is 0 Å². The Hall–Kier alpha value is -2.41. The maximum absolute atomic E-state index is 15.4. The highest BCUT2D eigenvalue weighted by atomic mass is 35.5. The fraction of sp³-hybridized carbons (Fsp3) is 0.375. The summed E-state index contributed by atoms with van der Waals surface area (Å²) in [6.07, 6.45) is 4.94. The molecular weight excluding hydrogens is 419 g/mol. The zero-order chi connectivity index (χ0) is 21.1. The van der Waals surface area contributed by atoms with Crippen LogP contribution < -0.4 is 4.74 Å². The van der Waals surface area contributed by atoms with Gasteiger partial charge >= 0.3 is 0 Å². The van der Waals surface area contributed by atoms with Gasteiger partial charge in [-0.2, -0.15) is 0 Å². The summed E-state index contributed by atoms with van der Waals surface area (Å²) in [5.41, 5.74) is 2.81.